The van der Waals surface area contributed by atoms with E-state index < -0.39 is 18.2 Å². The van der Waals surface area contributed by atoms with Gasteiger partial charge in [0.2, 0.25) is 0 Å². The molecule has 0 spiro atoms. The van der Waals surface area contributed by atoms with Crippen molar-refractivity contribution in [2.24, 2.45) is 0 Å². The molecule has 2 aromatic heterocycles. The molecule has 0 radical (unpaired) electrons. The summed E-state index contributed by atoms with van der Waals surface area (Å²) in [4.78, 5) is 18.5. The summed E-state index contributed by atoms with van der Waals surface area (Å²) in [7, 11) is 0. The molecular weight excluding hydrogens is 437 g/mol. The lowest BCUT2D eigenvalue weighted by molar-refractivity contribution is -0.189. The summed E-state index contributed by atoms with van der Waals surface area (Å²) in [5.41, 5.74) is 2.22. The average molecular weight is 452 g/mol. The molecule has 0 aliphatic carbocycles. The zero-order chi connectivity index (χ0) is 23.8. The van der Waals surface area contributed by atoms with Crippen LogP contribution in [0.1, 0.15) is 39.8 Å². The Labute approximate surface area is 186 Å². The van der Waals surface area contributed by atoms with Crippen LogP contribution in [0.5, 0.6) is 5.75 Å². The van der Waals surface area contributed by atoms with Crippen molar-refractivity contribution < 1.29 is 22.7 Å². The molecule has 33 heavy (non-hydrogen) atoms. The number of ether oxygens (including phenoxy) is 1. The molecule has 11 heteroatoms. The van der Waals surface area contributed by atoms with Gasteiger partial charge in [0.05, 0.1) is 35.1 Å². The van der Waals surface area contributed by atoms with Crippen LogP contribution in [0.2, 0.25) is 0 Å². The summed E-state index contributed by atoms with van der Waals surface area (Å²) in [5, 5.41) is 22.6. The first-order valence-electron chi connectivity index (χ1n) is 9.70. The molecule has 0 fully saturated rings. The molecule has 0 unspecified atom stereocenters. The Bertz CT molecular complexity index is 1300. The molecule has 1 amide bonds. The molecule has 8 nitrogen and oxygen atoms in total. The lowest BCUT2D eigenvalue weighted by Crippen LogP contribution is -2.32. The highest BCUT2D eigenvalue weighted by atomic mass is 19.4. The summed E-state index contributed by atoms with van der Waals surface area (Å²) in [6.07, 6.45) is -3.54. The summed E-state index contributed by atoms with van der Waals surface area (Å²) in [6, 6.07) is 10.8. The fourth-order valence-corrected chi connectivity index (χ4v) is 3.35. The first-order valence-corrected chi connectivity index (χ1v) is 9.70. The smallest absolute Gasteiger partial charge is 0.425 e. The third-order valence-corrected chi connectivity index (χ3v) is 5.09. The maximum Gasteiger partial charge on any atom is 0.425 e. The molecule has 3 aromatic rings. The Balaban J connectivity index is 1.57. The van der Waals surface area contributed by atoms with Gasteiger partial charge in [-0.3, -0.25) is 4.79 Å². The van der Waals surface area contributed by atoms with Crippen LogP contribution in [0.4, 0.5) is 13.2 Å². The van der Waals surface area contributed by atoms with E-state index in [1.54, 1.807) is 23.0 Å². The van der Waals surface area contributed by atoms with E-state index in [0.29, 0.717) is 11.4 Å². The Kier molecular flexibility index (Phi) is 5.48. The molecule has 0 saturated heterocycles. The van der Waals surface area contributed by atoms with Crippen LogP contribution in [0.25, 0.3) is 5.69 Å². The predicted molar refractivity (Wildman–Crippen MR) is 107 cm³/mol. The third-order valence-electron chi connectivity index (χ3n) is 5.09. The van der Waals surface area contributed by atoms with Crippen LogP contribution < -0.4 is 4.74 Å². The lowest BCUT2D eigenvalue weighted by Gasteiger charge is -2.22. The minimum atomic E-state index is -4.61. The SMILES string of the molecule is C[C@H](Oc1ccc(C#N)cc1C(=O)N1Cc2cn(-c3ccnc(C#N)c3)nc2C1)C(F)(F)F. The molecule has 1 aliphatic heterocycles. The van der Waals surface area contributed by atoms with Crippen molar-refractivity contribution in [2.45, 2.75) is 32.3 Å². The van der Waals surface area contributed by atoms with Crippen molar-refractivity contribution >= 4 is 5.91 Å². The zero-order valence-corrected chi connectivity index (χ0v) is 17.2. The number of alkyl halides is 3. The number of fused-ring (bicyclic) bond motifs is 1. The molecule has 3 heterocycles. The van der Waals surface area contributed by atoms with Crippen LogP contribution in [0.15, 0.2) is 42.7 Å². The molecule has 1 aromatic carbocycles. The highest BCUT2D eigenvalue weighted by molar-refractivity contribution is 5.97. The first-order chi connectivity index (χ1) is 15.7. The van der Waals surface area contributed by atoms with Crippen LogP contribution in [-0.2, 0) is 13.1 Å². The van der Waals surface area contributed by atoms with Crippen molar-refractivity contribution in [3.8, 4) is 23.6 Å². The van der Waals surface area contributed by atoms with E-state index in [1.165, 1.54) is 29.3 Å². The van der Waals surface area contributed by atoms with E-state index in [9.17, 15) is 18.0 Å². The van der Waals surface area contributed by atoms with Gasteiger partial charge in [0.1, 0.15) is 17.5 Å². The number of hydrogen-bond acceptors (Lipinski definition) is 6. The highest BCUT2D eigenvalue weighted by Gasteiger charge is 2.39. The Morgan fingerprint density at radius 1 is 1.18 bits per heavy atom. The number of rotatable bonds is 4. The van der Waals surface area contributed by atoms with Crippen molar-refractivity contribution in [3.05, 3.63) is 70.8 Å². The molecule has 0 saturated carbocycles. The monoisotopic (exact) mass is 452 g/mol. The van der Waals surface area contributed by atoms with E-state index in [2.05, 4.69) is 10.1 Å². The van der Waals surface area contributed by atoms with Gasteiger partial charge in [0.15, 0.2) is 6.10 Å². The van der Waals surface area contributed by atoms with Crippen molar-refractivity contribution in [2.75, 3.05) is 0 Å². The fourth-order valence-electron chi connectivity index (χ4n) is 3.35. The van der Waals surface area contributed by atoms with E-state index in [1.807, 2.05) is 12.1 Å². The largest absolute Gasteiger partial charge is 0.480 e. The summed E-state index contributed by atoms with van der Waals surface area (Å²) < 4.78 is 45.5. The van der Waals surface area contributed by atoms with Gasteiger partial charge in [-0.05, 0) is 31.2 Å². The second kappa shape index (κ2) is 8.28. The van der Waals surface area contributed by atoms with E-state index >= 15 is 0 Å². The summed E-state index contributed by atoms with van der Waals surface area (Å²) in [6.45, 7) is 1.15. The number of hydrogen-bond donors (Lipinski definition) is 0. The predicted octanol–water partition coefficient (Wildman–Crippen LogP) is 3.50. The first kappa shape index (κ1) is 21.8. The molecule has 0 N–H and O–H groups in total. The van der Waals surface area contributed by atoms with Gasteiger partial charge in [-0.15, -0.1) is 0 Å². The Morgan fingerprint density at radius 2 is 1.97 bits per heavy atom. The second-order valence-corrected chi connectivity index (χ2v) is 7.34. The molecule has 1 atom stereocenters. The molecule has 0 bridgehead atoms. The Hall–Kier alpha value is -4.38. The highest BCUT2D eigenvalue weighted by Crippen LogP contribution is 2.31. The third kappa shape index (κ3) is 4.34. The van der Waals surface area contributed by atoms with E-state index in [0.717, 1.165) is 12.5 Å². The van der Waals surface area contributed by atoms with Crippen LogP contribution in [0.3, 0.4) is 0 Å². The number of pyridine rings is 1. The number of amides is 1. The minimum Gasteiger partial charge on any atom is -0.480 e. The van der Waals surface area contributed by atoms with Gasteiger partial charge in [-0.25, -0.2) is 9.67 Å². The van der Waals surface area contributed by atoms with E-state index in [4.69, 9.17) is 15.3 Å². The number of aromatic nitrogens is 3. The Morgan fingerprint density at radius 3 is 2.64 bits per heavy atom. The van der Waals surface area contributed by atoms with Crippen LogP contribution >= 0.6 is 0 Å². The van der Waals surface area contributed by atoms with Crippen molar-refractivity contribution in [3.63, 3.8) is 0 Å². The fraction of sp³-hybridized carbons (Fsp3) is 0.227. The number of halogens is 3. The number of carbonyl (C=O) groups is 1. The number of nitrogens with zero attached hydrogens (tertiary/aromatic N) is 6. The average Bonchev–Trinajstić information content (AvgIpc) is 3.38. The molecule has 1 aliphatic rings. The molecular formula is C22H15F3N6O2. The van der Waals surface area contributed by atoms with Gasteiger partial charge in [-0.2, -0.15) is 28.8 Å². The van der Waals surface area contributed by atoms with Gasteiger partial charge in [0.25, 0.3) is 5.91 Å². The maximum absolute atomic E-state index is 13.1. The standard InChI is InChI=1S/C22H15F3N6O2/c1-13(22(23,24)25)33-20-3-2-14(8-26)6-18(20)21(32)30-10-15-11-31(29-19(15)12-30)17-4-5-28-16(7-17)9-27/h2-7,11,13H,10,12H2,1H3/t13-/m0/s1. The van der Waals surface area contributed by atoms with Crippen molar-refractivity contribution in [1.82, 2.24) is 19.7 Å². The minimum absolute atomic E-state index is 0.124. The summed E-state index contributed by atoms with van der Waals surface area (Å²) in [5.74, 6) is -0.823. The number of benzene rings is 1. The molecule has 166 valence electrons. The van der Waals surface area contributed by atoms with Crippen LogP contribution in [-0.4, -0.2) is 37.9 Å². The van der Waals surface area contributed by atoms with Gasteiger partial charge >= 0.3 is 6.18 Å². The maximum atomic E-state index is 13.1. The second-order valence-electron chi connectivity index (χ2n) is 7.34. The van der Waals surface area contributed by atoms with Crippen LogP contribution in [0, 0.1) is 22.7 Å². The summed E-state index contributed by atoms with van der Waals surface area (Å²) >= 11 is 0. The number of nitriles is 2. The normalized spacial score (nSPS) is 13.7. The topological polar surface area (TPSA) is 108 Å². The van der Waals surface area contributed by atoms with Gasteiger partial charge in [0, 0.05) is 30.6 Å². The quantitative estimate of drug-likeness (QED) is 0.600. The van der Waals surface area contributed by atoms with Crippen molar-refractivity contribution in [1.29, 1.82) is 10.5 Å². The number of carbonyl (C=O) groups excluding carboxylic acids is 1. The van der Waals surface area contributed by atoms with E-state index in [-0.39, 0.29) is 35.7 Å². The lowest BCUT2D eigenvalue weighted by atomic mass is 10.1. The van der Waals surface area contributed by atoms with Gasteiger partial charge < -0.3 is 9.64 Å². The van der Waals surface area contributed by atoms with Gasteiger partial charge in [-0.1, -0.05) is 0 Å². The molecule has 4 rings (SSSR count). The zero-order valence-electron chi connectivity index (χ0n) is 17.2.